The number of nitrogens with zero attached hydrogens (tertiary/aromatic N) is 1. The lowest BCUT2D eigenvalue weighted by Crippen LogP contribution is -2.45. The lowest BCUT2D eigenvalue weighted by molar-refractivity contribution is 0.121. The van der Waals surface area contributed by atoms with E-state index in [-0.39, 0.29) is 0 Å². The fourth-order valence-electron chi connectivity index (χ4n) is 2.58. The molecule has 2 nitrogen and oxygen atoms in total. The summed E-state index contributed by atoms with van der Waals surface area (Å²) >= 11 is 0. The first-order valence-electron chi connectivity index (χ1n) is 5.59. The third-order valence-corrected chi connectivity index (χ3v) is 3.59. The van der Waals surface area contributed by atoms with E-state index in [0.717, 1.165) is 6.54 Å². The molecule has 0 atom stereocenters. The Morgan fingerprint density at radius 2 is 1.62 bits per heavy atom. The summed E-state index contributed by atoms with van der Waals surface area (Å²) in [7, 11) is 4.42. The fraction of sp³-hybridized carbons (Fsp3) is 1.00. The van der Waals surface area contributed by atoms with Gasteiger partial charge in [0.1, 0.15) is 0 Å². The Bertz CT molecular complexity index is 135. The van der Waals surface area contributed by atoms with Gasteiger partial charge in [-0.2, -0.15) is 0 Å². The van der Waals surface area contributed by atoms with Gasteiger partial charge in [-0.15, -0.1) is 0 Å². The molecule has 0 radical (unpaired) electrons. The molecule has 1 aliphatic rings. The molecular weight excluding hydrogens is 160 g/mol. The predicted molar refractivity (Wildman–Crippen MR) is 57.8 cm³/mol. The van der Waals surface area contributed by atoms with E-state index in [2.05, 4.69) is 19.0 Å². The van der Waals surface area contributed by atoms with Crippen molar-refractivity contribution in [1.82, 2.24) is 4.90 Å². The Labute approximate surface area is 82.5 Å². The summed E-state index contributed by atoms with van der Waals surface area (Å²) in [5, 5.41) is 0. The van der Waals surface area contributed by atoms with Crippen molar-refractivity contribution in [3.8, 4) is 0 Å². The zero-order valence-corrected chi connectivity index (χ0v) is 9.18. The normalized spacial score (nSPS) is 23.1. The highest BCUT2D eigenvalue weighted by Gasteiger charge is 2.31. The summed E-state index contributed by atoms with van der Waals surface area (Å²) in [4.78, 5) is 2.41. The Kier molecular flexibility index (Phi) is 4.20. The summed E-state index contributed by atoms with van der Waals surface area (Å²) in [5.41, 5.74) is 6.13. The second-order valence-electron chi connectivity index (χ2n) is 4.57. The number of rotatable bonds is 3. The van der Waals surface area contributed by atoms with Crippen molar-refractivity contribution in [1.29, 1.82) is 0 Å². The van der Waals surface area contributed by atoms with E-state index in [0.29, 0.717) is 5.54 Å². The van der Waals surface area contributed by atoms with Gasteiger partial charge >= 0.3 is 0 Å². The average Bonchev–Trinajstić information content (AvgIpc) is 2.31. The largest absolute Gasteiger partial charge is 0.330 e. The molecule has 1 aliphatic carbocycles. The lowest BCUT2D eigenvalue weighted by Gasteiger charge is -2.39. The van der Waals surface area contributed by atoms with Crippen LogP contribution in [0.25, 0.3) is 0 Å². The van der Waals surface area contributed by atoms with Gasteiger partial charge in [-0.05, 0) is 39.9 Å². The van der Waals surface area contributed by atoms with Crippen LogP contribution < -0.4 is 5.73 Å². The van der Waals surface area contributed by atoms with Crippen molar-refractivity contribution < 1.29 is 0 Å². The van der Waals surface area contributed by atoms with Gasteiger partial charge in [-0.3, -0.25) is 0 Å². The monoisotopic (exact) mass is 184 g/mol. The van der Waals surface area contributed by atoms with Gasteiger partial charge in [-0.1, -0.05) is 25.7 Å². The highest BCUT2D eigenvalue weighted by molar-refractivity contribution is 4.89. The van der Waals surface area contributed by atoms with Crippen LogP contribution in [-0.2, 0) is 0 Å². The van der Waals surface area contributed by atoms with Crippen molar-refractivity contribution in [2.75, 3.05) is 20.6 Å². The highest BCUT2D eigenvalue weighted by Crippen LogP contribution is 2.33. The first-order chi connectivity index (χ1) is 6.21. The van der Waals surface area contributed by atoms with Crippen LogP contribution in [0, 0.1) is 0 Å². The van der Waals surface area contributed by atoms with Gasteiger partial charge in [0.2, 0.25) is 0 Å². The quantitative estimate of drug-likeness (QED) is 0.680. The van der Waals surface area contributed by atoms with E-state index in [1.807, 2.05) is 0 Å². The number of hydrogen-bond acceptors (Lipinski definition) is 2. The molecule has 2 N–H and O–H groups in total. The third-order valence-electron chi connectivity index (χ3n) is 3.59. The van der Waals surface area contributed by atoms with Gasteiger partial charge < -0.3 is 10.6 Å². The molecule has 0 aromatic rings. The standard InChI is InChI=1S/C11H24N2/c1-13(2)11(9-10-12)7-5-3-4-6-8-11/h3-10,12H2,1-2H3. The Morgan fingerprint density at radius 3 is 2.00 bits per heavy atom. The minimum atomic E-state index is 0.422. The van der Waals surface area contributed by atoms with Crippen LogP contribution in [0.3, 0.4) is 0 Å². The van der Waals surface area contributed by atoms with E-state index in [1.54, 1.807) is 0 Å². The molecule has 0 aromatic carbocycles. The average molecular weight is 184 g/mol. The Morgan fingerprint density at radius 1 is 1.08 bits per heavy atom. The lowest BCUT2D eigenvalue weighted by atomic mass is 9.85. The van der Waals surface area contributed by atoms with Crippen molar-refractivity contribution >= 4 is 0 Å². The molecule has 1 rings (SSSR count). The fourth-order valence-corrected chi connectivity index (χ4v) is 2.58. The SMILES string of the molecule is CN(C)C1(CCN)CCCCCC1. The molecule has 0 amide bonds. The molecular formula is C11H24N2. The summed E-state index contributed by atoms with van der Waals surface area (Å²) in [6, 6.07) is 0. The molecule has 2 heteroatoms. The van der Waals surface area contributed by atoms with E-state index >= 15 is 0 Å². The van der Waals surface area contributed by atoms with Crippen molar-refractivity contribution in [2.45, 2.75) is 50.5 Å². The van der Waals surface area contributed by atoms with E-state index in [4.69, 9.17) is 5.73 Å². The second kappa shape index (κ2) is 4.97. The molecule has 0 unspecified atom stereocenters. The van der Waals surface area contributed by atoms with Crippen LogP contribution in [0.1, 0.15) is 44.9 Å². The summed E-state index contributed by atoms with van der Waals surface area (Å²) in [5.74, 6) is 0. The van der Waals surface area contributed by atoms with Gasteiger partial charge in [-0.25, -0.2) is 0 Å². The molecule has 0 saturated heterocycles. The minimum absolute atomic E-state index is 0.422. The smallest absolute Gasteiger partial charge is 0.0215 e. The maximum atomic E-state index is 5.71. The van der Waals surface area contributed by atoms with Crippen LogP contribution in [0.5, 0.6) is 0 Å². The number of hydrogen-bond donors (Lipinski definition) is 1. The van der Waals surface area contributed by atoms with Gasteiger partial charge in [0.25, 0.3) is 0 Å². The van der Waals surface area contributed by atoms with Crippen molar-refractivity contribution in [3.63, 3.8) is 0 Å². The van der Waals surface area contributed by atoms with E-state index < -0.39 is 0 Å². The molecule has 13 heavy (non-hydrogen) atoms. The molecule has 0 bridgehead atoms. The van der Waals surface area contributed by atoms with Crippen LogP contribution in [0.15, 0.2) is 0 Å². The van der Waals surface area contributed by atoms with E-state index in [9.17, 15) is 0 Å². The van der Waals surface area contributed by atoms with Crippen LogP contribution >= 0.6 is 0 Å². The highest BCUT2D eigenvalue weighted by atomic mass is 15.1. The minimum Gasteiger partial charge on any atom is -0.330 e. The van der Waals surface area contributed by atoms with Crippen LogP contribution in [-0.4, -0.2) is 31.1 Å². The van der Waals surface area contributed by atoms with Crippen molar-refractivity contribution in [2.24, 2.45) is 5.73 Å². The summed E-state index contributed by atoms with van der Waals surface area (Å²) in [6.07, 6.45) is 9.46. The molecule has 0 aliphatic heterocycles. The first kappa shape index (κ1) is 11.0. The molecule has 78 valence electrons. The molecule has 0 aromatic heterocycles. The number of nitrogens with two attached hydrogens (primary N) is 1. The van der Waals surface area contributed by atoms with E-state index in [1.165, 1.54) is 44.9 Å². The Balaban J connectivity index is 2.62. The Hall–Kier alpha value is -0.0800. The topological polar surface area (TPSA) is 29.3 Å². The van der Waals surface area contributed by atoms with Gasteiger partial charge in [0, 0.05) is 5.54 Å². The second-order valence-corrected chi connectivity index (χ2v) is 4.57. The first-order valence-corrected chi connectivity index (χ1v) is 5.59. The maximum absolute atomic E-state index is 5.71. The van der Waals surface area contributed by atoms with Crippen LogP contribution in [0.2, 0.25) is 0 Å². The molecule has 1 saturated carbocycles. The van der Waals surface area contributed by atoms with Gasteiger partial charge in [0.05, 0.1) is 0 Å². The summed E-state index contributed by atoms with van der Waals surface area (Å²) in [6.45, 7) is 0.832. The zero-order chi connectivity index (χ0) is 9.73. The third kappa shape index (κ3) is 2.68. The summed E-state index contributed by atoms with van der Waals surface area (Å²) < 4.78 is 0. The van der Waals surface area contributed by atoms with Crippen LogP contribution in [0.4, 0.5) is 0 Å². The predicted octanol–water partition coefficient (Wildman–Crippen LogP) is 1.99. The molecule has 1 fully saturated rings. The molecule has 0 heterocycles. The van der Waals surface area contributed by atoms with Gasteiger partial charge in [0.15, 0.2) is 0 Å². The maximum Gasteiger partial charge on any atom is 0.0215 e. The zero-order valence-electron chi connectivity index (χ0n) is 9.18. The van der Waals surface area contributed by atoms with Crippen molar-refractivity contribution in [3.05, 3.63) is 0 Å². The molecule has 0 spiro atoms.